The zero-order valence-electron chi connectivity index (χ0n) is 11.0. The van der Waals surface area contributed by atoms with Gasteiger partial charge >= 0.3 is 5.97 Å². The Labute approximate surface area is 115 Å². The molecule has 2 heterocycles. The molecule has 1 saturated heterocycles. The zero-order chi connectivity index (χ0) is 13.8. The van der Waals surface area contributed by atoms with E-state index in [4.69, 9.17) is 0 Å². The summed E-state index contributed by atoms with van der Waals surface area (Å²) >= 11 is 1.29. The highest BCUT2D eigenvalue weighted by molar-refractivity contribution is 7.13. The second-order valence-electron chi connectivity index (χ2n) is 4.43. The molecule has 1 atom stereocenters. The maximum Gasteiger partial charge on any atom is 0.357 e. The Morgan fingerprint density at radius 3 is 2.79 bits per heavy atom. The molecular formula is C12H17N3O3S. The molecule has 1 fully saturated rings. The molecule has 0 aliphatic carbocycles. The third-order valence-electron chi connectivity index (χ3n) is 3.03. The molecule has 0 aromatic carbocycles. The first kappa shape index (κ1) is 13.8. The Morgan fingerprint density at radius 2 is 2.16 bits per heavy atom. The molecule has 1 N–H and O–H groups in total. The summed E-state index contributed by atoms with van der Waals surface area (Å²) in [5.74, 6) is -0.393. The van der Waals surface area contributed by atoms with Crippen molar-refractivity contribution in [2.24, 2.45) is 0 Å². The summed E-state index contributed by atoms with van der Waals surface area (Å²) in [4.78, 5) is 29.3. The van der Waals surface area contributed by atoms with Gasteiger partial charge in [-0.2, -0.15) is 0 Å². The largest absolute Gasteiger partial charge is 0.464 e. The van der Waals surface area contributed by atoms with Gasteiger partial charge in [0.1, 0.15) is 6.04 Å². The highest BCUT2D eigenvalue weighted by Gasteiger charge is 2.24. The van der Waals surface area contributed by atoms with Gasteiger partial charge in [-0.25, -0.2) is 9.78 Å². The lowest BCUT2D eigenvalue weighted by molar-refractivity contribution is -0.130. The molecule has 6 nitrogen and oxygen atoms in total. The van der Waals surface area contributed by atoms with E-state index in [0.717, 1.165) is 25.9 Å². The summed E-state index contributed by atoms with van der Waals surface area (Å²) in [6, 6.07) is -0.338. The van der Waals surface area contributed by atoms with E-state index in [1.807, 2.05) is 4.90 Å². The molecule has 2 rings (SSSR count). The fourth-order valence-electron chi connectivity index (χ4n) is 2.00. The first-order valence-electron chi connectivity index (χ1n) is 6.21. The number of amides is 1. The SMILES string of the molecule is COC(=O)c1csc(NC(C)C(=O)N2CCCC2)n1. The van der Waals surface area contributed by atoms with Crippen LogP contribution in [0, 0.1) is 0 Å². The van der Waals surface area contributed by atoms with Gasteiger partial charge in [0, 0.05) is 18.5 Å². The molecule has 1 aromatic rings. The number of hydrogen-bond donors (Lipinski definition) is 1. The molecule has 0 radical (unpaired) electrons. The number of rotatable bonds is 4. The summed E-state index contributed by atoms with van der Waals surface area (Å²) in [6.45, 7) is 3.46. The van der Waals surface area contributed by atoms with Crippen LogP contribution in [0.2, 0.25) is 0 Å². The molecule has 0 saturated carbocycles. The topological polar surface area (TPSA) is 71.5 Å². The van der Waals surface area contributed by atoms with Gasteiger partial charge < -0.3 is 15.0 Å². The number of hydrogen-bond acceptors (Lipinski definition) is 6. The zero-order valence-corrected chi connectivity index (χ0v) is 11.8. The van der Waals surface area contributed by atoms with Crippen molar-refractivity contribution in [1.29, 1.82) is 0 Å². The van der Waals surface area contributed by atoms with E-state index in [9.17, 15) is 9.59 Å². The number of aromatic nitrogens is 1. The fourth-order valence-corrected chi connectivity index (χ4v) is 2.76. The quantitative estimate of drug-likeness (QED) is 0.845. The van der Waals surface area contributed by atoms with E-state index in [1.165, 1.54) is 18.4 Å². The standard InChI is InChI=1S/C12H17N3O3S/c1-8(10(16)15-5-3-4-6-15)13-12-14-9(7-19-12)11(17)18-2/h7-8H,3-6H2,1-2H3,(H,13,14). The van der Waals surface area contributed by atoms with Crippen LogP contribution in [0.15, 0.2) is 5.38 Å². The normalized spacial score (nSPS) is 16.2. The van der Waals surface area contributed by atoms with Crippen molar-refractivity contribution in [3.63, 3.8) is 0 Å². The Morgan fingerprint density at radius 1 is 1.47 bits per heavy atom. The molecule has 1 aliphatic heterocycles. The number of likely N-dealkylation sites (tertiary alicyclic amines) is 1. The number of thiazole rings is 1. The van der Waals surface area contributed by atoms with Gasteiger partial charge in [-0.15, -0.1) is 11.3 Å². The minimum absolute atomic E-state index is 0.0762. The highest BCUT2D eigenvalue weighted by Crippen LogP contribution is 2.18. The van der Waals surface area contributed by atoms with E-state index in [-0.39, 0.29) is 17.6 Å². The molecule has 7 heteroatoms. The van der Waals surface area contributed by atoms with Gasteiger partial charge in [-0.3, -0.25) is 4.79 Å². The van der Waals surface area contributed by atoms with Gasteiger partial charge in [0.25, 0.3) is 0 Å². The Balaban J connectivity index is 1.94. The second kappa shape index (κ2) is 6.01. The van der Waals surface area contributed by atoms with Crippen molar-refractivity contribution in [3.05, 3.63) is 11.1 Å². The molecule has 1 unspecified atom stereocenters. The predicted molar refractivity (Wildman–Crippen MR) is 72.4 cm³/mol. The van der Waals surface area contributed by atoms with Crippen LogP contribution in [-0.2, 0) is 9.53 Å². The summed E-state index contributed by atoms with van der Waals surface area (Å²) in [7, 11) is 1.31. The number of carbonyl (C=O) groups is 2. The van der Waals surface area contributed by atoms with Crippen molar-refractivity contribution in [1.82, 2.24) is 9.88 Å². The molecule has 1 aromatic heterocycles. The van der Waals surface area contributed by atoms with Gasteiger partial charge in [0.15, 0.2) is 10.8 Å². The van der Waals surface area contributed by atoms with Crippen LogP contribution in [0.1, 0.15) is 30.3 Å². The molecule has 1 aliphatic rings. The Kier molecular flexibility index (Phi) is 4.36. The molecule has 0 bridgehead atoms. The number of methoxy groups -OCH3 is 1. The van der Waals surface area contributed by atoms with E-state index < -0.39 is 5.97 Å². The van der Waals surface area contributed by atoms with Gasteiger partial charge in [0.05, 0.1) is 7.11 Å². The average molecular weight is 283 g/mol. The van der Waals surface area contributed by atoms with Crippen molar-refractivity contribution >= 4 is 28.3 Å². The summed E-state index contributed by atoms with van der Waals surface area (Å²) in [6.07, 6.45) is 2.14. The number of esters is 1. The number of anilines is 1. The van der Waals surface area contributed by atoms with E-state index in [0.29, 0.717) is 5.13 Å². The summed E-state index contributed by atoms with van der Waals surface area (Å²) in [5.41, 5.74) is 0.260. The number of nitrogens with one attached hydrogen (secondary N) is 1. The Bertz CT molecular complexity index is 469. The fraction of sp³-hybridized carbons (Fsp3) is 0.583. The maximum absolute atomic E-state index is 12.1. The number of nitrogens with zero attached hydrogens (tertiary/aromatic N) is 2. The Hall–Kier alpha value is -1.63. The predicted octanol–water partition coefficient (Wildman–Crippen LogP) is 1.35. The lowest BCUT2D eigenvalue weighted by Gasteiger charge is -2.20. The third-order valence-corrected chi connectivity index (χ3v) is 3.80. The number of carbonyl (C=O) groups excluding carboxylic acids is 2. The monoisotopic (exact) mass is 283 g/mol. The van der Waals surface area contributed by atoms with E-state index in [2.05, 4.69) is 15.0 Å². The van der Waals surface area contributed by atoms with Crippen molar-refractivity contribution < 1.29 is 14.3 Å². The van der Waals surface area contributed by atoms with Crippen LogP contribution in [-0.4, -0.2) is 48.0 Å². The van der Waals surface area contributed by atoms with Gasteiger partial charge in [-0.05, 0) is 19.8 Å². The van der Waals surface area contributed by atoms with Crippen LogP contribution in [0.5, 0.6) is 0 Å². The molecule has 0 spiro atoms. The van der Waals surface area contributed by atoms with Crippen LogP contribution >= 0.6 is 11.3 Å². The van der Waals surface area contributed by atoms with Crippen molar-refractivity contribution in [2.75, 3.05) is 25.5 Å². The van der Waals surface area contributed by atoms with Crippen LogP contribution in [0.4, 0.5) is 5.13 Å². The molecular weight excluding hydrogens is 266 g/mol. The minimum Gasteiger partial charge on any atom is -0.464 e. The smallest absolute Gasteiger partial charge is 0.357 e. The third kappa shape index (κ3) is 3.23. The van der Waals surface area contributed by atoms with E-state index >= 15 is 0 Å². The summed E-state index contributed by atoms with van der Waals surface area (Å²) in [5, 5.41) is 5.19. The first-order valence-corrected chi connectivity index (χ1v) is 7.09. The van der Waals surface area contributed by atoms with Crippen LogP contribution < -0.4 is 5.32 Å². The van der Waals surface area contributed by atoms with Gasteiger partial charge in [0.2, 0.25) is 5.91 Å². The lowest BCUT2D eigenvalue weighted by Crippen LogP contribution is -2.39. The van der Waals surface area contributed by atoms with Crippen molar-refractivity contribution in [2.45, 2.75) is 25.8 Å². The van der Waals surface area contributed by atoms with Crippen LogP contribution in [0.25, 0.3) is 0 Å². The molecule has 19 heavy (non-hydrogen) atoms. The van der Waals surface area contributed by atoms with E-state index in [1.54, 1.807) is 12.3 Å². The van der Waals surface area contributed by atoms with Crippen LogP contribution in [0.3, 0.4) is 0 Å². The average Bonchev–Trinajstić information content (AvgIpc) is 3.07. The number of ether oxygens (including phenoxy) is 1. The van der Waals surface area contributed by atoms with Crippen molar-refractivity contribution in [3.8, 4) is 0 Å². The highest BCUT2D eigenvalue weighted by atomic mass is 32.1. The maximum atomic E-state index is 12.1. The second-order valence-corrected chi connectivity index (χ2v) is 5.29. The molecule has 104 valence electrons. The summed E-state index contributed by atoms with van der Waals surface area (Å²) < 4.78 is 4.59. The minimum atomic E-state index is -0.470. The first-order chi connectivity index (χ1) is 9.11. The van der Waals surface area contributed by atoms with Gasteiger partial charge in [-0.1, -0.05) is 0 Å². The lowest BCUT2D eigenvalue weighted by atomic mass is 10.3. The molecule has 1 amide bonds.